The Morgan fingerprint density at radius 2 is 1.54 bits per heavy atom. The van der Waals surface area contributed by atoms with Crippen molar-refractivity contribution < 1.29 is 42.5 Å². The van der Waals surface area contributed by atoms with Crippen LogP contribution in [0.15, 0.2) is 53.4 Å². The van der Waals surface area contributed by atoms with E-state index in [-0.39, 0.29) is 34.5 Å². The molecular weight excluding hydrogens is 415 g/mol. The normalized spacial score (nSPS) is 11.2. The van der Waals surface area contributed by atoms with Gasteiger partial charge in [0.2, 0.25) is 0 Å². The summed E-state index contributed by atoms with van der Waals surface area (Å²) in [6.07, 6.45) is 1.62. The molecule has 0 radical (unpaired) electrons. The van der Waals surface area contributed by atoms with Crippen molar-refractivity contribution in [3.63, 3.8) is 0 Å². The number of hydrogen-bond donors (Lipinski definition) is 0. The van der Waals surface area contributed by atoms with Gasteiger partial charge in [0, 0.05) is 12.0 Å². The summed E-state index contributed by atoms with van der Waals surface area (Å²) in [6.45, 7) is 2.13. The first-order chi connectivity index (χ1) is 11.9. The van der Waals surface area contributed by atoms with Crippen LogP contribution >= 0.6 is 32.9 Å². The van der Waals surface area contributed by atoms with Gasteiger partial charge in [-0.1, -0.05) is 76.2 Å². The summed E-state index contributed by atoms with van der Waals surface area (Å²) >= 11 is 5.49. The van der Waals surface area contributed by atoms with Crippen molar-refractivity contribution in [3.05, 3.63) is 69.0 Å². The molecular formula is C18H15NaO3S4. The maximum atomic E-state index is 11.0. The van der Waals surface area contributed by atoms with Gasteiger partial charge in [0.15, 0.2) is 0 Å². The van der Waals surface area contributed by atoms with Gasteiger partial charge in [0.1, 0.15) is 13.9 Å². The molecule has 1 aromatic heterocycles. The maximum absolute atomic E-state index is 11.0. The smallest absolute Gasteiger partial charge is 0.744 e. The van der Waals surface area contributed by atoms with Crippen LogP contribution < -0.4 is 29.6 Å². The molecule has 0 atom stereocenters. The summed E-state index contributed by atoms with van der Waals surface area (Å²) in [5.74, 6) is 0. The first kappa shape index (κ1) is 21.9. The average Bonchev–Trinajstić information content (AvgIpc) is 2.95. The number of aryl methyl sites for hydroxylation is 1. The Labute approximate surface area is 188 Å². The van der Waals surface area contributed by atoms with Gasteiger partial charge < -0.3 is 4.55 Å². The van der Waals surface area contributed by atoms with Crippen molar-refractivity contribution in [2.75, 3.05) is 0 Å². The van der Waals surface area contributed by atoms with Crippen LogP contribution in [0.25, 0.3) is 10.4 Å². The van der Waals surface area contributed by atoms with Gasteiger partial charge in [0.05, 0.1) is 9.77 Å². The monoisotopic (exact) mass is 430 g/mol. The fraction of sp³-hybridized carbons (Fsp3) is 0.167. The molecule has 3 rings (SSSR count). The van der Waals surface area contributed by atoms with E-state index >= 15 is 0 Å². The van der Waals surface area contributed by atoms with Gasteiger partial charge in [-0.15, -0.1) is 0 Å². The molecule has 0 spiro atoms. The van der Waals surface area contributed by atoms with E-state index in [4.69, 9.17) is 12.2 Å². The maximum Gasteiger partial charge on any atom is 1.00 e. The molecule has 26 heavy (non-hydrogen) atoms. The Bertz CT molecular complexity index is 1030. The zero-order valence-electron chi connectivity index (χ0n) is 14.4. The summed E-state index contributed by atoms with van der Waals surface area (Å²) in [4.78, 5) is 0.941. The van der Waals surface area contributed by atoms with Crippen molar-refractivity contribution >= 4 is 43.0 Å². The van der Waals surface area contributed by atoms with Gasteiger partial charge in [-0.2, -0.15) is 0 Å². The second kappa shape index (κ2) is 9.21. The third kappa shape index (κ3) is 5.11. The van der Waals surface area contributed by atoms with Gasteiger partial charge in [-0.3, -0.25) is 0 Å². The van der Waals surface area contributed by atoms with Crippen LogP contribution in [0.5, 0.6) is 0 Å². The molecule has 8 heteroatoms. The van der Waals surface area contributed by atoms with Crippen molar-refractivity contribution in [2.45, 2.75) is 24.7 Å². The molecule has 0 N–H and O–H groups in total. The van der Waals surface area contributed by atoms with Crippen LogP contribution in [0.1, 0.15) is 23.6 Å². The van der Waals surface area contributed by atoms with E-state index in [0.717, 1.165) is 31.8 Å². The molecule has 130 valence electrons. The number of benzene rings is 2. The largest absolute Gasteiger partial charge is 1.00 e. The van der Waals surface area contributed by atoms with Crippen LogP contribution in [-0.4, -0.2) is 13.0 Å². The standard InChI is InChI=1S/C18H16O3S4.Na/c1-2-12-3-7-14(8-4-12)17-16(18(22)24-23-17)11-13-5-9-15(10-6-13)25(19,20)21;/h3-10H,2,11H2,1H3,(H,19,20,21);/q;+1/p-1. The SMILES string of the molecule is CCc1ccc(-c2ssc(=S)c2Cc2ccc(S(=O)(=O)[O-])cc2)cc1.[Na+]. The van der Waals surface area contributed by atoms with Crippen molar-refractivity contribution in [3.8, 4) is 10.4 Å². The van der Waals surface area contributed by atoms with Crippen LogP contribution in [0.4, 0.5) is 0 Å². The first-order valence-corrected chi connectivity index (χ1v) is 11.6. The Kier molecular flexibility index (Phi) is 7.76. The van der Waals surface area contributed by atoms with E-state index in [2.05, 4.69) is 31.2 Å². The fourth-order valence-electron chi connectivity index (χ4n) is 2.52. The second-order valence-corrected chi connectivity index (χ2v) is 9.78. The molecule has 2 aromatic carbocycles. The molecule has 0 aliphatic heterocycles. The third-order valence-electron chi connectivity index (χ3n) is 3.94. The van der Waals surface area contributed by atoms with Gasteiger partial charge >= 0.3 is 29.6 Å². The molecule has 0 fully saturated rings. The minimum atomic E-state index is -4.41. The summed E-state index contributed by atoms with van der Waals surface area (Å²) in [7, 11) is -1.18. The van der Waals surface area contributed by atoms with Crippen LogP contribution in [0, 0.1) is 3.82 Å². The minimum absolute atomic E-state index is 0. The molecule has 0 aliphatic rings. The van der Waals surface area contributed by atoms with Gasteiger partial charge in [-0.05, 0) is 35.2 Å². The molecule has 1 heterocycles. The Balaban J connectivity index is 0.00000243. The van der Waals surface area contributed by atoms with Crippen LogP contribution in [-0.2, 0) is 23.0 Å². The molecule has 0 amide bonds. The van der Waals surface area contributed by atoms with E-state index in [1.54, 1.807) is 32.8 Å². The van der Waals surface area contributed by atoms with E-state index in [1.807, 2.05) is 0 Å². The zero-order valence-corrected chi connectivity index (χ0v) is 19.7. The summed E-state index contributed by atoms with van der Waals surface area (Å²) in [5.41, 5.74) is 4.43. The van der Waals surface area contributed by atoms with E-state index < -0.39 is 10.1 Å². The third-order valence-corrected chi connectivity index (χ3v) is 7.98. The van der Waals surface area contributed by atoms with E-state index in [1.165, 1.54) is 17.7 Å². The van der Waals surface area contributed by atoms with Crippen LogP contribution in [0.3, 0.4) is 0 Å². The number of hydrogen-bond acceptors (Lipinski definition) is 6. The molecule has 3 aromatic rings. The Morgan fingerprint density at radius 1 is 0.962 bits per heavy atom. The average molecular weight is 431 g/mol. The van der Waals surface area contributed by atoms with E-state index in [9.17, 15) is 13.0 Å². The summed E-state index contributed by atoms with van der Waals surface area (Å²) in [6, 6.07) is 14.5. The predicted molar refractivity (Wildman–Crippen MR) is 105 cm³/mol. The van der Waals surface area contributed by atoms with Gasteiger partial charge in [0.25, 0.3) is 0 Å². The minimum Gasteiger partial charge on any atom is -0.744 e. The molecule has 0 aliphatic carbocycles. The van der Waals surface area contributed by atoms with Crippen molar-refractivity contribution in [2.24, 2.45) is 0 Å². The first-order valence-electron chi connectivity index (χ1n) is 7.64. The fourth-order valence-corrected chi connectivity index (χ4v) is 5.91. The topological polar surface area (TPSA) is 57.2 Å². The second-order valence-electron chi connectivity index (χ2n) is 5.59. The van der Waals surface area contributed by atoms with Crippen LogP contribution in [0.2, 0.25) is 0 Å². The molecule has 0 saturated heterocycles. The Hall–Kier alpha value is -0.380. The number of rotatable bonds is 5. The molecule has 0 bridgehead atoms. The summed E-state index contributed by atoms with van der Waals surface area (Å²) < 4.78 is 34.0. The molecule has 0 unspecified atom stereocenters. The Morgan fingerprint density at radius 3 is 2.08 bits per heavy atom. The van der Waals surface area contributed by atoms with E-state index in [0.29, 0.717) is 6.42 Å². The molecule has 0 saturated carbocycles. The summed E-state index contributed by atoms with van der Waals surface area (Å²) in [5, 5.41) is 0. The van der Waals surface area contributed by atoms with Crippen molar-refractivity contribution in [1.82, 2.24) is 0 Å². The predicted octanol–water partition coefficient (Wildman–Crippen LogP) is 2.27. The molecule has 3 nitrogen and oxygen atoms in total. The van der Waals surface area contributed by atoms with Gasteiger partial charge in [-0.25, -0.2) is 8.42 Å². The van der Waals surface area contributed by atoms with Crippen molar-refractivity contribution in [1.29, 1.82) is 0 Å². The zero-order chi connectivity index (χ0) is 18.0. The quantitative estimate of drug-likeness (QED) is 0.270.